The molecule has 1 aromatic rings. The van der Waals surface area contributed by atoms with Gasteiger partial charge < -0.3 is 15.6 Å². The van der Waals surface area contributed by atoms with E-state index in [-0.39, 0.29) is 6.54 Å². The number of nitrogens with two attached hydrogens (primary N) is 1. The van der Waals surface area contributed by atoms with Crippen LogP contribution in [0.4, 0.5) is 0 Å². The van der Waals surface area contributed by atoms with Crippen LogP contribution in [-0.4, -0.2) is 18.8 Å². The van der Waals surface area contributed by atoms with E-state index in [1.165, 1.54) is 0 Å². The van der Waals surface area contributed by atoms with Crippen LogP contribution in [0.15, 0.2) is 10.5 Å². The van der Waals surface area contributed by atoms with E-state index in [0.29, 0.717) is 5.75 Å². The van der Waals surface area contributed by atoms with Crippen LogP contribution in [0.25, 0.3) is 0 Å². The number of hydrogen-bond donors (Lipinski definition) is 2. The van der Waals surface area contributed by atoms with Crippen LogP contribution in [-0.2, 0) is 0 Å². The summed E-state index contributed by atoms with van der Waals surface area (Å²) in [6.45, 7) is 4.11. The highest BCUT2D eigenvalue weighted by Gasteiger charge is 2.17. The lowest BCUT2D eigenvalue weighted by Gasteiger charge is -2.18. The van der Waals surface area contributed by atoms with E-state index < -0.39 is 6.10 Å². The monoisotopic (exact) mass is 273 g/mol. The predicted molar refractivity (Wildman–Crippen MR) is 64.2 cm³/mol. The smallest absolute Gasteiger partial charge is 0.128 e. The first kappa shape index (κ1) is 12.5. The standard InChI is InChI=1S/C11H16BrNO2/c1-6-4-8(9(14)5-13)11(15-3)7(2)10(6)12/h4,9,14H,5,13H2,1-3H3. The fourth-order valence-electron chi connectivity index (χ4n) is 1.62. The molecule has 0 radical (unpaired) electrons. The molecule has 0 aromatic heterocycles. The lowest BCUT2D eigenvalue weighted by atomic mass is 10.0. The fourth-order valence-corrected chi connectivity index (χ4v) is 1.91. The van der Waals surface area contributed by atoms with Gasteiger partial charge in [0.05, 0.1) is 13.2 Å². The third-order valence-corrected chi connectivity index (χ3v) is 3.66. The Morgan fingerprint density at radius 3 is 2.60 bits per heavy atom. The van der Waals surface area contributed by atoms with E-state index >= 15 is 0 Å². The first-order valence-corrected chi connectivity index (χ1v) is 5.54. The topological polar surface area (TPSA) is 55.5 Å². The molecule has 1 unspecified atom stereocenters. The van der Waals surface area contributed by atoms with Crippen molar-refractivity contribution in [3.05, 3.63) is 27.2 Å². The van der Waals surface area contributed by atoms with E-state index in [2.05, 4.69) is 15.9 Å². The highest BCUT2D eigenvalue weighted by atomic mass is 79.9. The molecule has 1 rings (SSSR count). The Kier molecular flexibility index (Phi) is 4.13. The number of aliphatic hydroxyl groups excluding tert-OH is 1. The molecular formula is C11H16BrNO2. The zero-order valence-corrected chi connectivity index (χ0v) is 10.8. The normalized spacial score (nSPS) is 12.7. The predicted octanol–water partition coefficient (Wildman–Crippen LogP) is 2.07. The zero-order valence-electron chi connectivity index (χ0n) is 9.17. The molecule has 84 valence electrons. The summed E-state index contributed by atoms with van der Waals surface area (Å²) in [7, 11) is 1.59. The maximum atomic E-state index is 9.76. The lowest BCUT2D eigenvalue weighted by Crippen LogP contribution is -2.13. The van der Waals surface area contributed by atoms with Gasteiger partial charge in [0.15, 0.2) is 0 Å². The Hall–Kier alpha value is -0.580. The number of hydrogen-bond acceptors (Lipinski definition) is 3. The molecule has 0 aliphatic rings. The number of methoxy groups -OCH3 is 1. The summed E-state index contributed by atoms with van der Waals surface area (Å²) >= 11 is 3.48. The van der Waals surface area contributed by atoms with Crippen LogP contribution < -0.4 is 10.5 Å². The summed E-state index contributed by atoms with van der Waals surface area (Å²) < 4.78 is 6.30. The van der Waals surface area contributed by atoms with E-state index in [1.54, 1.807) is 7.11 Å². The highest BCUT2D eigenvalue weighted by molar-refractivity contribution is 9.10. The third kappa shape index (κ3) is 2.33. The fraction of sp³-hybridized carbons (Fsp3) is 0.455. The molecule has 0 amide bonds. The van der Waals surface area contributed by atoms with Crippen molar-refractivity contribution in [1.82, 2.24) is 0 Å². The molecule has 15 heavy (non-hydrogen) atoms. The first-order chi connectivity index (χ1) is 7.02. The molecule has 1 atom stereocenters. The average Bonchev–Trinajstić information content (AvgIpc) is 2.24. The van der Waals surface area contributed by atoms with E-state index in [4.69, 9.17) is 10.5 Å². The van der Waals surface area contributed by atoms with Crippen molar-refractivity contribution in [2.45, 2.75) is 20.0 Å². The van der Waals surface area contributed by atoms with Crippen molar-refractivity contribution < 1.29 is 9.84 Å². The Labute approximate surface area is 98.4 Å². The Morgan fingerprint density at radius 2 is 2.13 bits per heavy atom. The summed E-state index contributed by atoms with van der Waals surface area (Å²) in [6, 6.07) is 1.90. The van der Waals surface area contributed by atoms with Gasteiger partial charge in [-0.05, 0) is 25.5 Å². The molecule has 0 heterocycles. The van der Waals surface area contributed by atoms with E-state index in [1.807, 2.05) is 19.9 Å². The molecule has 0 aliphatic heterocycles. The second-order valence-corrected chi connectivity index (χ2v) is 4.30. The maximum absolute atomic E-state index is 9.76. The van der Waals surface area contributed by atoms with Gasteiger partial charge in [-0.1, -0.05) is 15.9 Å². The highest BCUT2D eigenvalue weighted by Crippen LogP contribution is 2.35. The summed E-state index contributed by atoms with van der Waals surface area (Å²) in [5, 5.41) is 9.76. The van der Waals surface area contributed by atoms with Gasteiger partial charge in [-0.15, -0.1) is 0 Å². The van der Waals surface area contributed by atoms with Crippen molar-refractivity contribution in [3.8, 4) is 5.75 Å². The molecule has 0 saturated carbocycles. The SMILES string of the molecule is COc1c(C(O)CN)cc(C)c(Br)c1C. The van der Waals surface area contributed by atoms with Gasteiger partial charge in [-0.25, -0.2) is 0 Å². The molecular weight excluding hydrogens is 258 g/mol. The minimum Gasteiger partial charge on any atom is -0.496 e. The number of aryl methyl sites for hydroxylation is 1. The third-order valence-electron chi connectivity index (χ3n) is 2.44. The molecule has 3 N–H and O–H groups in total. The second kappa shape index (κ2) is 4.96. The van der Waals surface area contributed by atoms with Gasteiger partial charge >= 0.3 is 0 Å². The Bertz CT molecular complexity index is 366. The second-order valence-electron chi connectivity index (χ2n) is 3.51. The first-order valence-electron chi connectivity index (χ1n) is 4.74. The molecule has 0 bridgehead atoms. The molecule has 0 fully saturated rings. The number of ether oxygens (including phenoxy) is 1. The molecule has 3 nitrogen and oxygen atoms in total. The quantitative estimate of drug-likeness (QED) is 0.887. The maximum Gasteiger partial charge on any atom is 0.128 e. The van der Waals surface area contributed by atoms with Crippen molar-refractivity contribution in [3.63, 3.8) is 0 Å². The minimum absolute atomic E-state index is 0.191. The summed E-state index contributed by atoms with van der Waals surface area (Å²) in [4.78, 5) is 0. The number of aliphatic hydroxyl groups is 1. The van der Waals surface area contributed by atoms with E-state index in [9.17, 15) is 5.11 Å². The van der Waals surface area contributed by atoms with Crippen LogP contribution in [0.5, 0.6) is 5.75 Å². The van der Waals surface area contributed by atoms with E-state index in [0.717, 1.165) is 21.2 Å². The molecule has 0 aliphatic carbocycles. The van der Waals surface area contributed by atoms with Crippen molar-refractivity contribution >= 4 is 15.9 Å². The van der Waals surface area contributed by atoms with Gasteiger partial charge in [-0.3, -0.25) is 0 Å². The van der Waals surface area contributed by atoms with Crippen LogP contribution in [0.1, 0.15) is 22.8 Å². The molecule has 4 heteroatoms. The molecule has 0 spiro atoms. The van der Waals surface area contributed by atoms with Gasteiger partial charge in [-0.2, -0.15) is 0 Å². The summed E-state index contributed by atoms with van der Waals surface area (Å²) in [5.41, 5.74) is 8.25. The van der Waals surface area contributed by atoms with Crippen LogP contribution in [0, 0.1) is 13.8 Å². The summed E-state index contributed by atoms with van der Waals surface area (Å²) in [6.07, 6.45) is -0.676. The Balaban J connectivity index is 3.38. The number of benzene rings is 1. The van der Waals surface area contributed by atoms with Gasteiger partial charge in [0, 0.05) is 22.1 Å². The van der Waals surface area contributed by atoms with Crippen LogP contribution in [0.3, 0.4) is 0 Å². The molecule has 0 saturated heterocycles. The van der Waals surface area contributed by atoms with Gasteiger partial charge in [0.25, 0.3) is 0 Å². The molecule has 1 aromatic carbocycles. The Morgan fingerprint density at radius 1 is 1.53 bits per heavy atom. The van der Waals surface area contributed by atoms with Crippen molar-refractivity contribution in [2.75, 3.05) is 13.7 Å². The van der Waals surface area contributed by atoms with Crippen LogP contribution >= 0.6 is 15.9 Å². The number of rotatable bonds is 3. The number of halogens is 1. The average molecular weight is 274 g/mol. The minimum atomic E-state index is -0.676. The lowest BCUT2D eigenvalue weighted by molar-refractivity contribution is 0.182. The van der Waals surface area contributed by atoms with Gasteiger partial charge in [0.1, 0.15) is 5.75 Å². The zero-order chi connectivity index (χ0) is 11.6. The summed E-state index contributed by atoms with van der Waals surface area (Å²) in [5.74, 6) is 0.699. The van der Waals surface area contributed by atoms with Crippen molar-refractivity contribution in [2.24, 2.45) is 5.73 Å². The van der Waals surface area contributed by atoms with Crippen LogP contribution in [0.2, 0.25) is 0 Å². The largest absolute Gasteiger partial charge is 0.496 e. The van der Waals surface area contributed by atoms with Gasteiger partial charge in [0.2, 0.25) is 0 Å². The van der Waals surface area contributed by atoms with Crippen molar-refractivity contribution in [1.29, 1.82) is 0 Å².